The predicted octanol–water partition coefficient (Wildman–Crippen LogP) is 5.85. The quantitative estimate of drug-likeness (QED) is 0.350. The van der Waals surface area contributed by atoms with Crippen molar-refractivity contribution in [3.8, 4) is 0 Å². The van der Waals surface area contributed by atoms with Crippen molar-refractivity contribution in [2.75, 3.05) is 13.1 Å². The summed E-state index contributed by atoms with van der Waals surface area (Å²) in [6.45, 7) is 1.48. The minimum absolute atomic E-state index is 0.343. The maximum absolute atomic E-state index is 10.2. The summed E-state index contributed by atoms with van der Waals surface area (Å²) in [6, 6.07) is 30.9. The van der Waals surface area contributed by atoms with Crippen LogP contribution in [0.3, 0.4) is 0 Å². The Balaban J connectivity index is 0.000000246. The Morgan fingerprint density at radius 1 is 0.536 bits per heavy atom. The molecule has 0 radical (unpaired) electrons. The number of carbonyl (C=O) groups is 1. The molecule has 0 spiro atoms. The van der Waals surface area contributed by atoms with Gasteiger partial charge in [0.1, 0.15) is 5.78 Å². The van der Waals surface area contributed by atoms with E-state index in [0.717, 1.165) is 13.0 Å². The van der Waals surface area contributed by atoms with Crippen molar-refractivity contribution in [3.63, 3.8) is 0 Å². The molecule has 5 aromatic carbocycles. The first-order chi connectivity index (χ1) is 13.8. The lowest BCUT2D eigenvalue weighted by atomic mass is 9.97. The average Bonchev–Trinajstić information content (AvgIpc) is 3.20. The van der Waals surface area contributed by atoms with Crippen molar-refractivity contribution in [2.24, 2.45) is 0 Å². The van der Waals surface area contributed by atoms with E-state index in [-0.39, 0.29) is 0 Å². The Morgan fingerprint density at radius 3 is 1.14 bits per heavy atom. The zero-order valence-electron chi connectivity index (χ0n) is 15.6. The van der Waals surface area contributed by atoms with Crippen LogP contribution in [0, 0.1) is 0 Å². The van der Waals surface area contributed by atoms with Gasteiger partial charge >= 0.3 is 0 Å². The van der Waals surface area contributed by atoms with Crippen molar-refractivity contribution in [3.05, 3.63) is 84.9 Å². The largest absolute Gasteiger partial charge is 0.310 e. The fraction of sp³-hybridized carbons (Fsp3) is 0.115. The topological polar surface area (TPSA) is 29.1 Å². The van der Waals surface area contributed by atoms with Crippen LogP contribution in [0.25, 0.3) is 43.1 Å². The standard InChI is InChI=1S/C22H14.C4H7NO/c1-2-6-16-10-20-14-22-12-18-8-4-3-7-17(18)11-21(22)13-19(20)9-15(16)5-1;6-4-1-2-5-3-4/h1-14H;5H,1-3H2. The fourth-order valence-corrected chi connectivity index (χ4v) is 3.93. The number of hydrogen-bond donors (Lipinski definition) is 1. The third kappa shape index (κ3) is 3.23. The molecule has 1 heterocycles. The molecule has 1 aliphatic rings. The van der Waals surface area contributed by atoms with Crippen molar-refractivity contribution >= 4 is 48.9 Å². The van der Waals surface area contributed by atoms with Gasteiger partial charge in [0.25, 0.3) is 0 Å². The van der Waals surface area contributed by atoms with Gasteiger partial charge in [0, 0.05) is 13.0 Å². The van der Waals surface area contributed by atoms with Crippen LogP contribution in [-0.2, 0) is 4.79 Å². The molecule has 0 amide bonds. The monoisotopic (exact) mass is 363 g/mol. The molecular weight excluding hydrogens is 342 g/mol. The van der Waals surface area contributed by atoms with Crippen LogP contribution in [0.4, 0.5) is 0 Å². The Kier molecular flexibility index (Phi) is 4.27. The number of rotatable bonds is 0. The summed E-state index contributed by atoms with van der Waals surface area (Å²) in [5.41, 5.74) is 0. The summed E-state index contributed by atoms with van der Waals surface area (Å²) in [5, 5.41) is 13.4. The summed E-state index contributed by atoms with van der Waals surface area (Å²) in [5.74, 6) is 0.343. The SMILES string of the molecule is O=C1CCNC1.c1ccc2cc3cc4cc5ccccc5cc4cc3cc2c1. The minimum Gasteiger partial charge on any atom is -0.310 e. The zero-order valence-corrected chi connectivity index (χ0v) is 15.6. The summed E-state index contributed by atoms with van der Waals surface area (Å²) in [6.07, 6.45) is 0.736. The van der Waals surface area contributed by atoms with E-state index < -0.39 is 0 Å². The second-order valence-electron chi connectivity index (χ2n) is 7.41. The molecule has 2 nitrogen and oxygen atoms in total. The van der Waals surface area contributed by atoms with Crippen molar-refractivity contribution in [2.45, 2.75) is 6.42 Å². The maximum Gasteiger partial charge on any atom is 0.147 e. The third-order valence-corrected chi connectivity index (χ3v) is 5.43. The molecule has 1 fully saturated rings. The maximum atomic E-state index is 10.2. The van der Waals surface area contributed by atoms with Crippen molar-refractivity contribution in [1.29, 1.82) is 0 Å². The molecule has 1 saturated heterocycles. The molecule has 0 bridgehead atoms. The van der Waals surface area contributed by atoms with Gasteiger partial charge in [-0.25, -0.2) is 0 Å². The number of fused-ring (bicyclic) bond motifs is 4. The van der Waals surface area contributed by atoms with E-state index in [2.05, 4.69) is 90.2 Å². The average molecular weight is 363 g/mol. The van der Waals surface area contributed by atoms with Crippen LogP contribution >= 0.6 is 0 Å². The second-order valence-corrected chi connectivity index (χ2v) is 7.41. The first kappa shape index (κ1) is 16.9. The molecule has 136 valence electrons. The molecule has 0 unspecified atom stereocenters. The number of benzene rings is 5. The van der Waals surface area contributed by atoms with Gasteiger partial charge in [0.15, 0.2) is 0 Å². The Hall–Kier alpha value is -3.23. The van der Waals surface area contributed by atoms with E-state index >= 15 is 0 Å². The lowest BCUT2D eigenvalue weighted by molar-refractivity contribution is -0.116. The van der Waals surface area contributed by atoms with E-state index in [9.17, 15) is 4.79 Å². The molecule has 5 aromatic rings. The van der Waals surface area contributed by atoms with Gasteiger partial charge in [-0.15, -0.1) is 0 Å². The Labute approximate surface area is 163 Å². The van der Waals surface area contributed by atoms with Crippen molar-refractivity contribution in [1.82, 2.24) is 5.32 Å². The molecular formula is C26H21NO. The van der Waals surface area contributed by atoms with Gasteiger partial charge in [0.2, 0.25) is 0 Å². The Morgan fingerprint density at radius 2 is 0.893 bits per heavy atom. The highest BCUT2D eigenvalue weighted by Crippen LogP contribution is 2.29. The van der Waals surface area contributed by atoms with Crippen LogP contribution in [-0.4, -0.2) is 18.9 Å². The van der Waals surface area contributed by atoms with E-state index in [0.29, 0.717) is 12.3 Å². The Bertz CT molecular complexity index is 1140. The molecule has 0 saturated carbocycles. The molecule has 0 aliphatic carbocycles. The summed E-state index contributed by atoms with van der Waals surface area (Å²) in [7, 11) is 0. The highest BCUT2D eigenvalue weighted by atomic mass is 16.1. The van der Waals surface area contributed by atoms with Gasteiger partial charge < -0.3 is 5.32 Å². The first-order valence-corrected chi connectivity index (χ1v) is 9.74. The highest BCUT2D eigenvalue weighted by molar-refractivity contribution is 6.08. The summed E-state index contributed by atoms with van der Waals surface area (Å²) >= 11 is 0. The van der Waals surface area contributed by atoms with Crippen LogP contribution in [0.5, 0.6) is 0 Å². The van der Waals surface area contributed by atoms with Crippen LogP contribution in [0.2, 0.25) is 0 Å². The molecule has 2 heteroatoms. The number of Topliss-reactive ketones (excluding diaryl/α,β-unsaturated/α-hetero) is 1. The molecule has 1 N–H and O–H groups in total. The smallest absolute Gasteiger partial charge is 0.147 e. The van der Waals surface area contributed by atoms with Gasteiger partial charge in [-0.2, -0.15) is 0 Å². The van der Waals surface area contributed by atoms with Crippen LogP contribution < -0.4 is 5.32 Å². The second kappa shape index (κ2) is 7.06. The number of nitrogens with one attached hydrogen (secondary N) is 1. The zero-order chi connectivity index (χ0) is 18.9. The normalized spacial score (nSPS) is 13.9. The van der Waals surface area contributed by atoms with E-state index in [1.165, 1.54) is 43.1 Å². The highest BCUT2D eigenvalue weighted by Gasteiger charge is 2.06. The van der Waals surface area contributed by atoms with Crippen LogP contribution in [0.1, 0.15) is 6.42 Å². The van der Waals surface area contributed by atoms with Gasteiger partial charge in [-0.1, -0.05) is 48.5 Å². The lowest BCUT2D eigenvalue weighted by Gasteiger charge is -2.07. The molecule has 1 aliphatic heterocycles. The number of ketones is 1. The summed E-state index contributed by atoms with van der Waals surface area (Å²) in [4.78, 5) is 10.2. The summed E-state index contributed by atoms with van der Waals surface area (Å²) < 4.78 is 0. The van der Waals surface area contributed by atoms with E-state index in [1.54, 1.807) is 0 Å². The minimum atomic E-state index is 0.343. The first-order valence-electron chi connectivity index (χ1n) is 9.74. The van der Waals surface area contributed by atoms with Gasteiger partial charge in [0.05, 0.1) is 6.54 Å². The molecule has 0 atom stereocenters. The number of hydrogen-bond acceptors (Lipinski definition) is 2. The van der Waals surface area contributed by atoms with E-state index in [1.807, 2.05) is 0 Å². The lowest BCUT2D eigenvalue weighted by Crippen LogP contribution is -2.07. The van der Waals surface area contributed by atoms with Crippen molar-refractivity contribution < 1.29 is 4.79 Å². The van der Waals surface area contributed by atoms with Gasteiger partial charge in [-0.3, -0.25) is 4.79 Å². The predicted molar refractivity (Wildman–Crippen MR) is 119 cm³/mol. The number of carbonyl (C=O) groups excluding carboxylic acids is 1. The van der Waals surface area contributed by atoms with E-state index in [4.69, 9.17) is 0 Å². The molecule has 0 aromatic heterocycles. The molecule has 6 rings (SSSR count). The third-order valence-electron chi connectivity index (χ3n) is 5.43. The fourth-order valence-electron chi connectivity index (χ4n) is 3.93. The molecule has 28 heavy (non-hydrogen) atoms. The van der Waals surface area contributed by atoms with Gasteiger partial charge in [-0.05, 0) is 79.5 Å². The van der Waals surface area contributed by atoms with Crippen LogP contribution in [0.15, 0.2) is 84.9 Å².